The molecular formula is C12H15N3O4. The number of carbonyl (C=O) groups is 1. The van der Waals surface area contributed by atoms with Crippen LogP contribution in [0, 0.1) is 0 Å². The van der Waals surface area contributed by atoms with Gasteiger partial charge < -0.3 is 14.9 Å². The number of aromatic amines is 1. The molecule has 0 aliphatic heterocycles. The van der Waals surface area contributed by atoms with Gasteiger partial charge in [0.2, 0.25) is 0 Å². The summed E-state index contributed by atoms with van der Waals surface area (Å²) in [7, 11) is 0. The van der Waals surface area contributed by atoms with Crippen LogP contribution in [-0.4, -0.2) is 44.1 Å². The molecule has 2 atom stereocenters. The summed E-state index contributed by atoms with van der Waals surface area (Å²) in [5.74, 6) is -0.559. The van der Waals surface area contributed by atoms with E-state index in [4.69, 9.17) is 4.74 Å². The van der Waals surface area contributed by atoms with Crippen molar-refractivity contribution in [1.82, 2.24) is 15.2 Å². The smallest absolute Gasteiger partial charge is 0.308 e. The normalized spacial score (nSPS) is 14.3. The number of hydrogen-bond acceptors (Lipinski definition) is 6. The van der Waals surface area contributed by atoms with Crippen LogP contribution in [-0.2, 0) is 9.53 Å². The summed E-state index contributed by atoms with van der Waals surface area (Å²) in [6, 6.07) is 3.42. The van der Waals surface area contributed by atoms with Crippen LogP contribution in [0.3, 0.4) is 0 Å². The zero-order chi connectivity index (χ0) is 13.8. The second kappa shape index (κ2) is 5.77. The summed E-state index contributed by atoms with van der Waals surface area (Å²) in [5, 5.41) is 27.0. The number of nitrogens with zero attached hydrogens (tertiary/aromatic N) is 2. The minimum Gasteiger partial charge on any atom is -0.466 e. The molecule has 2 heterocycles. The second-order valence-corrected chi connectivity index (χ2v) is 4.03. The maximum absolute atomic E-state index is 11.3. The molecular weight excluding hydrogens is 250 g/mol. The van der Waals surface area contributed by atoms with Gasteiger partial charge in [-0.1, -0.05) is 0 Å². The van der Waals surface area contributed by atoms with E-state index in [1.54, 1.807) is 25.3 Å². The fraction of sp³-hybridized carbons (Fsp3) is 0.417. The fourth-order valence-electron chi connectivity index (χ4n) is 1.79. The lowest BCUT2D eigenvalue weighted by Crippen LogP contribution is -2.23. The van der Waals surface area contributed by atoms with E-state index in [2.05, 4.69) is 15.2 Å². The molecule has 2 aromatic heterocycles. The molecule has 0 aliphatic carbocycles. The van der Waals surface area contributed by atoms with Crippen LogP contribution in [0.4, 0.5) is 0 Å². The van der Waals surface area contributed by atoms with Gasteiger partial charge in [-0.3, -0.25) is 9.89 Å². The SMILES string of the molecule is CCOC(=O)CC(O)C(O)c1[nH]nc2ncccc12. The number of rotatable bonds is 5. The Morgan fingerprint density at radius 2 is 2.32 bits per heavy atom. The van der Waals surface area contributed by atoms with Gasteiger partial charge in [-0.25, -0.2) is 4.98 Å². The summed E-state index contributed by atoms with van der Waals surface area (Å²) in [6.07, 6.45) is -1.22. The molecule has 0 saturated carbocycles. The number of hydrogen-bond donors (Lipinski definition) is 3. The number of esters is 1. The second-order valence-electron chi connectivity index (χ2n) is 4.03. The van der Waals surface area contributed by atoms with Crippen molar-refractivity contribution in [2.75, 3.05) is 6.61 Å². The first kappa shape index (κ1) is 13.4. The quantitative estimate of drug-likeness (QED) is 0.671. The van der Waals surface area contributed by atoms with Gasteiger partial charge in [0.1, 0.15) is 6.10 Å². The van der Waals surface area contributed by atoms with E-state index < -0.39 is 18.2 Å². The minimum atomic E-state index is -1.26. The van der Waals surface area contributed by atoms with Gasteiger partial charge in [0.15, 0.2) is 5.65 Å². The summed E-state index contributed by atoms with van der Waals surface area (Å²) in [5.41, 5.74) is 0.778. The third kappa shape index (κ3) is 2.88. The van der Waals surface area contributed by atoms with Gasteiger partial charge in [-0.2, -0.15) is 5.10 Å². The van der Waals surface area contributed by atoms with E-state index in [1.165, 1.54) is 0 Å². The van der Waals surface area contributed by atoms with E-state index in [9.17, 15) is 15.0 Å². The molecule has 7 nitrogen and oxygen atoms in total. The predicted molar refractivity (Wildman–Crippen MR) is 66.1 cm³/mol. The third-order valence-electron chi connectivity index (χ3n) is 2.70. The predicted octanol–water partition coefficient (Wildman–Crippen LogP) is 0.305. The highest BCUT2D eigenvalue weighted by Gasteiger charge is 2.25. The monoisotopic (exact) mass is 265 g/mol. The zero-order valence-electron chi connectivity index (χ0n) is 10.4. The van der Waals surface area contributed by atoms with Crippen LogP contribution >= 0.6 is 0 Å². The molecule has 7 heteroatoms. The average Bonchev–Trinajstić information content (AvgIpc) is 2.81. The van der Waals surface area contributed by atoms with Crippen LogP contribution in [0.15, 0.2) is 18.3 Å². The number of carbonyl (C=O) groups excluding carboxylic acids is 1. The summed E-state index contributed by atoms with van der Waals surface area (Å²) in [6.45, 7) is 1.91. The zero-order valence-corrected chi connectivity index (χ0v) is 10.4. The fourth-order valence-corrected chi connectivity index (χ4v) is 1.79. The molecule has 0 fully saturated rings. The molecule has 0 saturated heterocycles. The first-order chi connectivity index (χ1) is 9.13. The van der Waals surface area contributed by atoms with Gasteiger partial charge in [0.25, 0.3) is 0 Å². The summed E-state index contributed by atoms with van der Waals surface area (Å²) >= 11 is 0. The van der Waals surface area contributed by atoms with Crippen molar-refractivity contribution in [1.29, 1.82) is 0 Å². The van der Waals surface area contributed by atoms with Gasteiger partial charge in [0, 0.05) is 11.6 Å². The van der Waals surface area contributed by atoms with Crippen molar-refractivity contribution in [3.05, 3.63) is 24.0 Å². The van der Waals surface area contributed by atoms with E-state index in [0.717, 1.165) is 0 Å². The highest BCUT2D eigenvalue weighted by atomic mass is 16.5. The highest BCUT2D eigenvalue weighted by Crippen LogP contribution is 2.24. The Hall–Kier alpha value is -1.99. The number of aromatic nitrogens is 3. The number of nitrogens with one attached hydrogen (secondary N) is 1. The van der Waals surface area contributed by atoms with Crippen molar-refractivity contribution in [2.45, 2.75) is 25.6 Å². The molecule has 0 aliphatic rings. The Bertz CT molecular complexity index is 569. The Morgan fingerprint density at radius 3 is 3.05 bits per heavy atom. The Kier molecular flexibility index (Phi) is 4.08. The number of pyridine rings is 1. The van der Waals surface area contributed by atoms with Gasteiger partial charge in [0.05, 0.1) is 24.8 Å². The Morgan fingerprint density at radius 1 is 1.53 bits per heavy atom. The van der Waals surface area contributed by atoms with Crippen molar-refractivity contribution in [3.8, 4) is 0 Å². The van der Waals surface area contributed by atoms with E-state index >= 15 is 0 Å². The Balaban J connectivity index is 2.14. The van der Waals surface area contributed by atoms with E-state index in [0.29, 0.717) is 16.7 Å². The molecule has 0 radical (unpaired) electrons. The molecule has 19 heavy (non-hydrogen) atoms. The Labute approximate surface area is 109 Å². The molecule has 0 amide bonds. The molecule has 2 unspecified atom stereocenters. The van der Waals surface area contributed by atoms with Crippen LogP contribution < -0.4 is 0 Å². The van der Waals surface area contributed by atoms with Crippen molar-refractivity contribution >= 4 is 17.0 Å². The highest BCUT2D eigenvalue weighted by molar-refractivity contribution is 5.78. The number of aliphatic hydroxyl groups excluding tert-OH is 2. The van der Waals surface area contributed by atoms with E-state index in [-0.39, 0.29) is 13.0 Å². The van der Waals surface area contributed by atoms with Gasteiger partial charge >= 0.3 is 5.97 Å². The summed E-state index contributed by atoms with van der Waals surface area (Å²) < 4.78 is 4.72. The summed E-state index contributed by atoms with van der Waals surface area (Å²) in [4.78, 5) is 15.3. The largest absolute Gasteiger partial charge is 0.466 e. The maximum Gasteiger partial charge on any atom is 0.308 e. The number of H-pyrrole nitrogens is 1. The van der Waals surface area contributed by atoms with Crippen LogP contribution in [0.1, 0.15) is 25.1 Å². The maximum atomic E-state index is 11.3. The van der Waals surface area contributed by atoms with Gasteiger partial charge in [-0.05, 0) is 19.1 Å². The lowest BCUT2D eigenvalue weighted by atomic mass is 10.1. The van der Waals surface area contributed by atoms with Gasteiger partial charge in [-0.15, -0.1) is 0 Å². The lowest BCUT2D eigenvalue weighted by Gasteiger charge is -2.15. The van der Waals surface area contributed by atoms with Crippen LogP contribution in [0.25, 0.3) is 11.0 Å². The number of fused-ring (bicyclic) bond motifs is 1. The lowest BCUT2D eigenvalue weighted by molar-refractivity contribution is -0.147. The topological polar surface area (TPSA) is 108 Å². The third-order valence-corrected chi connectivity index (χ3v) is 2.70. The minimum absolute atomic E-state index is 0.235. The molecule has 3 N–H and O–H groups in total. The van der Waals surface area contributed by atoms with Crippen LogP contribution in [0.5, 0.6) is 0 Å². The number of aliphatic hydroxyl groups is 2. The van der Waals surface area contributed by atoms with E-state index in [1.807, 2.05) is 0 Å². The van der Waals surface area contributed by atoms with Crippen LogP contribution in [0.2, 0.25) is 0 Å². The molecule has 2 aromatic rings. The standard InChI is InChI=1S/C12H15N3O4/c1-2-19-9(17)6-8(16)11(18)10-7-4-3-5-13-12(7)15-14-10/h3-5,8,11,16,18H,2,6H2,1H3,(H,13,14,15). The average molecular weight is 265 g/mol. The van der Waals surface area contributed by atoms with Crippen molar-refractivity contribution < 1.29 is 19.7 Å². The number of ether oxygens (including phenoxy) is 1. The molecule has 0 spiro atoms. The van der Waals surface area contributed by atoms with Crippen molar-refractivity contribution in [3.63, 3.8) is 0 Å². The molecule has 102 valence electrons. The first-order valence-corrected chi connectivity index (χ1v) is 5.94. The molecule has 2 rings (SSSR count). The first-order valence-electron chi connectivity index (χ1n) is 5.94. The van der Waals surface area contributed by atoms with Crippen molar-refractivity contribution in [2.24, 2.45) is 0 Å². The molecule has 0 aromatic carbocycles. The molecule has 0 bridgehead atoms.